The van der Waals surface area contributed by atoms with Crippen LogP contribution in [-0.2, 0) is 14.2 Å². The maximum Gasteiger partial charge on any atom is 0.387 e. The first-order chi connectivity index (χ1) is 10.6. The number of hydrogen-bond acceptors (Lipinski definition) is 6. The van der Waals surface area contributed by atoms with Crippen LogP contribution in [0.3, 0.4) is 0 Å². The third-order valence-electron chi connectivity index (χ3n) is 2.43. The third-order valence-corrected chi connectivity index (χ3v) is 2.43. The van der Waals surface area contributed by atoms with Crippen LogP contribution in [0.25, 0.3) is 0 Å². The van der Waals surface area contributed by atoms with Gasteiger partial charge in [0.15, 0.2) is 0 Å². The average Bonchev–Trinajstić information content (AvgIpc) is 2.44. The summed E-state index contributed by atoms with van der Waals surface area (Å²) in [6, 6.07) is 4.16. The second-order valence-corrected chi connectivity index (χ2v) is 4.18. The fourth-order valence-corrected chi connectivity index (χ4v) is 1.53. The van der Waals surface area contributed by atoms with Gasteiger partial charge in [0.2, 0.25) is 0 Å². The molecule has 1 rings (SSSR count). The molecule has 0 saturated carbocycles. The lowest BCUT2D eigenvalue weighted by molar-refractivity contribution is -0.0499. The van der Waals surface area contributed by atoms with Crippen molar-refractivity contribution in [3.05, 3.63) is 18.2 Å². The fraction of sp³-hybridized carbons (Fsp3) is 0.571. The predicted octanol–water partition coefficient (Wildman–Crippen LogP) is 1.93. The van der Waals surface area contributed by atoms with Crippen LogP contribution >= 0.6 is 0 Å². The van der Waals surface area contributed by atoms with E-state index in [1.165, 1.54) is 18.2 Å². The summed E-state index contributed by atoms with van der Waals surface area (Å²) in [5.74, 6) is 0.299. The van der Waals surface area contributed by atoms with E-state index in [0.29, 0.717) is 38.8 Å². The molecule has 0 bridgehead atoms. The standard InChI is InChI=1S/C14H21F2NO5/c1-18-2-3-19-4-5-20-6-7-21-12-8-11(17)9-13(10-12)22-14(15)16/h8-10,14H,2-7,17H2,1H3. The van der Waals surface area contributed by atoms with Gasteiger partial charge in [-0.05, 0) is 0 Å². The molecule has 0 heterocycles. The SMILES string of the molecule is COCCOCCOCCOc1cc(N)cc(OC(F)F)c1. The zero-order valence-electron chi connectivity index (χ0n) is 12.4. The van der Waals surface area contributed by atoms with Gasteiger partial charge in [-0.15, -0.1) is 0 Å². The Morgan fingerprint density at radius 3 is 2.14 bits per heavy atom. The lowest BCUT2D eigenvalue weighted by Gasteiger charge is -2.10. The summed E-state index contributed by atoms with van der Waals surface area (Å²) >= 11 is 0. The fourth-order valence-electron chi connectivity index (χ4n) is 1.53. The molecule has 0 aliphatic heterocycles. The van der Waals surface area contributed by atoms with Crippen LogP contribution in [-0.4, -0.2) is 53.4 Å². The smallest absolute Gasteiger partial charge is 0.387 e. The molecule has 126 valence electrons. The van der Waals surface area contributed by atoms with Crippen molar-refractivity contribution in [3.63, 3.8) is 0 Å². The maximum atomic E-state index is 12.1. The van der Waals surface area contributed by atoms with Crippen molar-refractivity contribution in [1.29, 1.82) is 0 Å². The number of methoxy groups -OCH3 is 1. The van der Waals surface area contributed by atoms with Crippen molar-refractivity contribution in [2.75, 3.05) is 52.5 Å². The number of alkyl halides is 2. The summed E-state index contributed by atoms with van der Waals surface area (Å²) in [4.78, 5) is 0. The Bertz CT molecular complexity index is 420. The number of rotatable bonds is 12. The monoisotopic (exact) mass is 321 g/mol. The Kier molecular flexibility index (Phi) is 9.20. The van der Waals surface area contributed by atoms with Crippen molar-refractivity contribution >= 4 is 5.69 Å². The third kappa shape index (κ3) is 8.60. The number of ether oxygens (including phenoxy) is 5. The van der Waals surface area contributed by atoms with Crippen molar-refractivity contribution in [3.8, 4) is 11.5 Å². The Morgan fingerprint density at radius 1 is 0.909 bits per heavy atom. The molecule has 0 aromatic heterocycles. The topological polar surface area (TPSA) is 72.2 Å². The molecule has 6 nitrogen and oxygen atoms in total. The van der Waals surface area contributed by atoms with Gasteiger partial charge < -0.3 is 29.4 Å². The van der Waals surface area contributed by atoms with E-state index in [2.05, 4.69) is 4.74 Å². The van der Waals surface area contributed by atoms with Gasteiger partial charge in [-0.25, -0.2) is 0 Å². The summed E-state index contributed by atoms with van der Waals surface area (Å²) < 4.78 is 49.3. The number of benzene rings is 1. The first-order valence-corrected chi connectivity index (χ1v) is 6.74. The van der Waals surface area contributed by atoms with Gasteiger partial charge >= 0.3 is 6.61 Å². The molecule has 1 aromatic carbocycles. The van der Waals surface area contributed by atoms with Gasteiger partial charge in [0, 0.05) is 31.0 Å². The highest BCUT2D eigenvalue weighted by Gasteiger charge is 2.07. The average molecular weight is 321 g/mol. The summed E-state index contributed by atoms with van der Waals surface area (Å²) in [6.45, 7) is -0.342. The van der Waals surface area contributed by atoms with Crippen LogP contribution in [0.15, 0.2) is 18.2 Å². The number of nitrogen functional groups attached to an aromatic ring is 1. The molecule has 0 saturated heterocycles. The van der Waals surface area contributed by atoms with E-state index in [1.54, 1.807) is 7.11 Å². The Hall–Kier alpha value is -1.64. The molecule has 2 N–H and O–H groups in total. The highest BCUT2D eigenvalue weighted by molar-refractivity contribution is 5.50. The molecule has 22 heavy (non-hydrogen) atoms. The summed E-state index contributed by atoms with van der Waals surface area (Å²) in [5.41, 5.74) is 5.86. The van der Waals surface area contributed by atoms with E-state index in [9.17, 15) is 8.78 Å². The van der Waals surface area contributed by atoms with E-state index in [0.717, 1.165) is 0 Å². The summed E-state index contributed by atoms with van der Waals surface area (Å²) in [7, 11) is 1.60. The molecule has 0 aliphatic rings. The lowest BCUT2D eigenvalue weighted by Crippen LogP contribution is -2.12. The van der Waals surface area contributed by atoms with Crippen LogP contribution in [0.4, 0.5) is 14.5 Å². The highest BCUT2D eigenvalue weighted by Crippen LogP contribution is 2.25. The Labute approximate surface area is 128 Å². The van der Waals surface area contributed by atoms with Crippen molar-refractivity contribution in [1.82, 2.24) is 0 Å². The van der Waals surface area contributed by atoms with E-state index < -0.39 is 6.61 Å². The Morgan fingerprint density at radius 2 is 1.50 bits per heavy atom. The first kappa shape index (κ1) is 18.4. The predicted molar refractivity (Wildman–Crippen MR) is 76.5 cm³/mol. The van der Waals surface area contributed by atoms with Gasteiger partial charge in [0.1, 0.15) is 18.1 Å². The quantitative estimate of drug-likeness (QED) is 0.468. The largest absolute Gasteiger partial charge is 0.491 e. The van der Waals surface area contributed by atoms with Crippen LogP contribution in [0, 0.1) is 0 Å². The minimum Gasteiger partial charge on any atom is -0.491 e. The second kappa shape index (κ2) is 11.0. The molecule has 0 aliphatic carbocycles. The number of anilines is 1. The zero-order valence-corrected chi connectivity index (χ0v) is 12.4. The first-order valence-electron chi connectivity index (χ1n) is 6.74. The van der Waals surface area contributed by atoms with E-state index >= 15 is 0 Å². The summed E-state index contributed by atoms with van der Waals surface area (Å²) in [6.07, 6.45) is 0. The lowest BCUT2D eigenvalue weighted by atomic mass is 10.3. The van der Waals surface area contributed by atoms with Crippen LogP contribution < -0.4 is 15.2 Å². The van der Waals surface area contributed by atoms with Gasteiger partial charge in [-0.1, -0.05) is 0 Å². The second-order valence-electron chi connectivity index (χ2n) is 4.18. The molecule has 0 fully saturated rings. The van der Waals surface area contributed by atoms with E-state index in [4.69, 9.17) is 24.7 Å². The van der Waals surface area contributed by atoms with Crippen LogP contribution in [0.5, 0.6) is 11.5 Å². The zero-order chi connectivity index (χ0) is 16.2. The molecule has 0 unspecified atom stereocenters. The Balaban J connectivity index is 2.17. The van der Waals surface area contributed by atoms with Gasteiger partial charge in [0.05, 0.1) is 33.0 Å². The maximum absolute atomic E-state index is 12.1. The molecule has 8 heteroatoms. The molecule has 1 aromatic rings. The molecular formula is C14H21F2NO5. The van der Waals surface area contributed by atoms with E-state index in [-0.39, 0.29) is 18.0 Å². The number of nitrogens with two attached hydrogens (primary N) is 1. The van der Waals surface area contributed by atoms with Crippen molar-refractivity contribution in [2.24, 2.45) is 0 Å². The normalized spacial score (nSPS) is 10.9. The van der Waals surface area contributed by atoms with Crippen molar-refractivity contribution < 1.29 is 32.5 Å². The minimum absolute atomic E-state index is 0.0440. The van der Waals surface area contributed by atoms with Gasteiger partial charge in [-0.2, -0.15) is 8.78 Å². The highest BCUT2D eigenvalue weighted by atomic mass is 19.3. The molecular weight excluding hydrogens is 300 g/mol. The van der Waals surface area contributed by atoms with Crippen molar-refractivity contribution in [2.45, 2.75) is 6.61 Å². The molecule has 0 atom stereocenters. The van der Waals surface area contributed by atoms with Gasteiger partial charge in [-0.3, -0.25) is 0 Å². The van der Waals surface area contributed by atoms with E-state index in [1.807, 2.05) is 0 Å². The number of halogens is 2. The molecule has 0 amide bonds. The van der Waals surface area contributed by atoms with Crippen LogP contribution in [0.1, 0.15) is 0 Å². The number of hydrogen-bond donors (Lipinski definition) is 1. The minimum atomic E-state index is -2.91. The van der Waals surface area contributed by atoms with Gasteiger partial charge in [0.25, 0.3) is 0 Å². The van der Waals surface area contributed by atoms with Crippen LogP contribution in [0.2, 0.25) is 0 Å². The molecule has 0 spiro atoms. The summed E-state index contributed by atoms with van der Waals surface area (Å²) in [5, 5.41) is 0. The molecule has 0 radical (unpaired) electrons.